The average Bonchev–Trinajstić information content (AvgIpc) is 2.97. The first kappa shape index (κ1) is 13.6. The molecule has 1 aromatic carbocycles. The molecule has 3 heteroatoms. The molecule has 0 amide bonds. The van der Waals surface area contributed by atoms with Gasteiger partial charge in [-0.05, 0) is 62.3 Å². The van der Waals surface area contributed by atoms with Crippen molar-refractivity contribution in [2.75, 3.05) is 13.2 Å². The van der Waals surface area contributed by atoms with E-state index in [4.69, 9.17) is 9.47 Å². The number of ether oxygens (including phenoxy) is 2. The lowest BCUT2D eigenvalue weighted by Gasteiger charge is -2.16. The predicted molar refractivity (Wildman–Crippen MR) is 77.4 cm³/mol. The molecule has 108 valence electrons. The number of carbonyl (C=O) groups excluding carboxylic acids is 1. The molecule has 0 spiro atoms. The number of Topliss-reactive ketones (excluding diaryl/α,β-unsaturated/α-hetero) is 1. The fourth-order valence-electron chi connectivity index (χ4n) is 3.09. The van der Waals surface area contributed by atoms with E-state index in [0.29, 0.717) is 12.5 Å². The molecular formula is C17H22O3. The van der Waals surface area contributed by atoms with Crippen LogP contribution in [0.5, 0.6) is 5.75 Å². The van der Waals surface area contributed by atoms with E-state index in [0.717, 1.165) is 55.8 Å². The van der Waals surface area contributed by atoms with Crippen molar-refractivity contribution in [1.82, 2.24) is 0 Å². The third-order valence-corrected chi connectivity index (χ3v) is 4.19. The van der Waals surface area contributed by atoms with Crippen LogP contribution in [0.3, 0.4) is 0 Å². The number of hydrogen-bond acceptors (Lipinski definition) is 3. The lowest BCUT2D eigenvalue weighted by Crippen LogP contribution is -2.11. The zero-order valence-electron chi connectivity index (χ0n) is 11.9. The second kappa shape index (κ2) is 6.40. The highest BCUT2D eigenvalue weighted by Gasteiger charge is 2.17. The van der Waals surface area contributed by atoms with Crippen molar-refractivity contribution >= 4 is 5.78 Å². The molecule has 2 aliphatic rings. The van der Waals surface area contributed by atoms with E-state index in [1.165, 1.54) is 12.8 Å². The van der Waals surface area contributed by atoms with Crippen LogP contribution in [0.2, 0.25) is 0 Å². The van der Waals surface area contributed by atoms with Gasteiger partial charge in [0.2, 0.25) is 0 Å². The van der Waals surface area contributed by atoms with Crippen LogP contribution in [-0.2, 0) is 11.2 Å². The molecule has 0 bridgehead atoms. The van der Waals surface area contributed by atoms with Crippen molar-refractivity contribution in [1.29, 1.82) is 0 Å². The summed E-state index contributed by atoms with van der Waals surface area (Å²) in [7, 11) is 0. The Labute approximate surface area is 120 Å². The maximum atomic E-state index is 11.7. The highest BCUT2D eigenvalue weighted by molar-refractivity contribution is 5.98. The Bertz CT molecular complexity index is 475. The van der Waals surface area contributed by atoms with Gasteiger partial charge in [0.25, 0.3) is 0 Å². The number of carbonyl (C=O) groups is 1. The SMILES string of the molecule is O=C1CCCc2cc(OCCCC3CCCO3)ccc21. The number of aryl methyl sites for hydroxylation is 1. The summed E-state index contributed by atoms with van der Waals surface area (Å²) in [5.74, 6) is 1.17. The highest BCUT2D eigenvalue weighted by atomic mass is 16.5. The molecule has 0 aromatic heterocycles. The van der Waals surface area contributed by atoms with Gasteiger partial charge in [-0.15, -0.1) is 0 Å². The minimum absolute atomic E-state index is 0.274. The van der Waals surface area contributed by atoms with E-state index in [9.17, 15) is 4.79 Å². The molecule has 3 nitrogen and oxygen atoms in total. The van der Waals surface area contributed by atoms with Crippen LogP contribution in [0.4, 0.5) is 0 Å². The fraction of sp³-hybridized carbons (Fsp3) is 0.588. The van der Waals surface area contributed by atoms with Gasteiger partial charge in [0.1, 0.15) is 5.75 Å². The Morgan fingerprint density at radius 2 is 2.20 bits per heavy atom. The maximum Gasteiger partial charge on any atom is 0.163 e. The Hall–Kier alpha value is -1.35. The highest BCUT2D eigenvalue weighted by Crippen LogP contribution is 2.25. The minimum Gasteiger partial charge on any atom is -0.494 e. The Morgan fingerprint density at radius 1 is 1.25 bits per heavy atom. The van der Waals surface area contributed by atoms with Crippen LogP contribution in [0.1, 0.15) is 54.4 Å². The largest absolute Gasteiger partial charge is 0.494 e. The zero-order chi connectivity index (χ0) is 13.8. The molecule has 1 atom stereocenters. The average molecular weight is 274 g/mol. The van der Waals surface area contributed by atoms with E-state index in [2.05, 4.69) is 0 Å². The number of benzene rings is 1. The molecular weight excluding hydrogens is 252 g/mol. The lowest BCUT2D eigenvalue weighted by atomic mass is 9.90. The van der Waals surface area contributed by atoms with Crippen molar-refractivity contribution in [2.45, 2.75) is 51.0 Å². The van der Waals surface area contributed by atoms with Crippen molar-refractivity contribution in [3.05, 3.63) is 29.3 Å². The monoisotopic (exact) mass is 274 g/mol. The summed E-state index contributed by atoms with van der Waals surface area (Å²) < 4.78 is 11.4. The number of ketones is 1. The standard InChI is InChI=1S/C17H22O3/c18-17-7-1-4-13-12-15(8-9-16(13)17)20-11-3-6-14-5-2-10-19-14/h8-9,12,14H,1-7,10-11H2. The molecule has 20 heavy (non-hydrogen) atoms. The summed E-state index contributed by atoms with van der Waals surface area (Å²) in [6.45, 7) is 1.65. The molecule has 1 heterocycles. The van der Waals surface area contributed by atoms with Crippen molar-refractivity contribution in [3.8, 4) is 5.75 Å². The van der Waals surface area contributed by atoms with Gasteiger partial charge in [-0.1, -0.05) is 0 Å². The van der Waals surface area contributed by atoms with E-state index in [-0.39, 0.29) is 5.78 Å². The van der Waals surface area contributed by atoms with Crippen LogP contribution in [-0.4, -0.2) is 25.1 Å². The van der Waals surface area contributed by atoms with Crippen molar-refractivity contribution in [2.24, 2.45) is 0 Å². The summed E-state index contributed by atoms with van der Waals surface area (Å²) in [5.41, 5.74) is 2.04. The maximum absolute atomic E-state index is 11.7. The summed E-state index contributed by atoms with van der Waals surface area (Å²) in [6, 6.07) is 5.89. The summed E-state index contributed by atoms with van der Waals surface area (Å²) >= 11 is 0. The number of hydrogen-bond donors (Lipinski definition) is 0. The summed E-state index contributed by atoms with van der Waals surface area (Å²) in [6.07, 6.45) is 7.60. The van der Waals surface area contributed by atoms with E-state index in [1.54, 1.807) is 0 Å². The zero-order valence-corrected chi connectivity index (χ0v) is 11.9. The molecule has 1 fully saturated rings. The third-order valence-electron chi connectivity index (χ3n) is 4.19. The first-order valence-electron chi connectivity index (χ1n) is 7.73. The van der Waals surface area contributed by atoms with Gasteiger partial charge in [0.15, 0.2) is 5.78 Å². The first-order chi connectivity index (χ1) is 9.83. The fourth-order valence-corrected chi connectivity index (χ4v) is 3.09. The van der Waals surface area contributed by atoms with Gasteiger partial charge in [-0.3, -0.25) is 4.79 Å². The van der Waals surface area contributed by atoms with Gasteiger partial charge >= 0.3 is 0 Å². The minimum atomic E-state index is 0.274. The van der Waals surface area contributed by atoms with Crippen molar-refractivity contribution < 1.29 is 14.3 Å². The van der Waals surface area contributed by atoms with Gasteiger partial charge in [0, 0.05) is 18.6 Å². The normalized spacial score (nSPS) is 21.8. The van der Waals surface area contributed by atoms with E-state index < -0.39 is 0 Å². The van der Waals surface area contributed by atoms with Crippen LogP contribution in [0.15, 0.2) is 18.2 Å². The summed E-state index contributed by atoms with van der Waals surface area (Å²) in [5, 5.41) is 0. The predicted octanol–water partition coefficient (Wildman–Crippen LogP) is 3.54. The molecule has 1 aliphatic carbocycles. The number of rotatable bonds is 5. The molecule has 0 radical (unpaired) electrons. The molecule has 0 N–H and O–H groups in total. The molecule has 1 aromatic rings. The van der Waals surface area contributed by atoms with Gasteiger partial charge < -0.3 is 9.47 Å². The third kappa shape index (κ3) is 3.21. The molecule has 1 unspecified atom stereocenters. The Morgan fingerprint density at radius 3 is 3.05 bits per heavy atom. The second-order valence-electron chi connectivity index (χ2n) is 5.72. The quantitative estimate of drug-likeness (QED) is 0.770. The Kier molecular flexibility index (Phi) is 4.36. The molecule has 0 saturated carbocycles. The van der Waals surface area contributed by atoms with Crippen LogP contribution in [0, 0.1) is 0 Å². The van der Waals surface area contributed by atoms with E-state index in [1.807, 2.05) is 18.2 Å². The Balaban J connectivity index is 1.49. The lowest BCUT2D eigenvalue weighted by molar-refractivity contribution is 0.0969. The molecule has 1 aliphatic heterocycles. The van der Waals surface area contributed by atoms with Crippen LogP contribution in [0.25, 0.3) is 0 Å². The number of fused-ring (bicyclic) bond motifs is 1. The van der Waals surface area contributed by atoms with Crippen LogP contribution < -0.4 is 4.74 Å². The first-order valence-corrected chi connectivity index (χ1v) is 7.73. The molecule has 3 rings (SSSR count). The van der Waals surface area contributed by atoms with Gasteiger partial charge in [-0.25, -0.2) is 0 Å². The summed E-state index contributed by atoms with van der Waals surface area (Å²) in [4.78, 5) is 11.7. The van der Waals surface area contributed by atoms with Crippen LogP contribution >= 0.6 is 0 Å². The molecule has 1 saturated heterocycles. The second-order valence-corrected chi connectivity index (χ2v) is 5.72. The van der Waals surface area contributed by atoms with Crippen molar-refractivity contribution in [3.63, 3.8) is 0 Å². The topological polar surface area (TPSA) is 35.5 Å². The smallest absolute Gasteiger partial charge is 0.163 e. The van der Waals surface area contributed by atoms with Gasteiger partial charge in [0.05, 0.1) is 12.7 Å². The van der Waals surface area contributed by atoms with E-state index >= 15 is 0 Å². The van der Waals surface area contributed by atoms with Gasteiger partial charge in [-0.2, -0.15) is 0 Å².